The summed E-state index contributed by atoms with van der Waals surface area (Å²) in [5.74, 6) is -0.274. The van der Waals surface area contributed by atoms with Crippen molar-refractivity contribution in [3.05, 3.63) is 94.5 Å². The third-order valence-electron chi connectivity index (χ3n) is 6.54. The summed E-state index contributed by atoms with van der Waals surface area (Å²) in [6, 6.07) is 14.7. The van der Waals surface area contributed by atoms with E-state index in [0.29, 0.717) is 18.6 Å². The lowest BCUT2D eigenvalue weighted by Crippen LogP contribution is -2.18. The Labute approximate surface area is 195 Å². The van der Waals surface area contributed by atoms with Crippen LogP contribution in [0.2, 0.25) is 0 Å². The van der Waals surface area contributed by atoms with Crippen LogP contribution in [0.15, 0.2) is 71.9 Å². The first-order valence-corrected chi connectivity index (χ1v) is 11.1. The van der Waals surface area contributed by atoms with Crippen LogP contribution in [0.1, 0.15) is 11.3 Å². The lowest BCUT2D eigenvalue weighted by molar-refractivity contribution is 0.627. The third kappa shape index (κ3) is 3.18. The molecule has 0 radical (unpaired) electrons. The van der Waals surface area contributed by atoms with Crippen LogP contribution in [0.25, 0.3) is 22.0 Å². The van der Waals surface area contributed by atoms with Crippen molar-refractivity contribution in [1.29, 1.82) is 0 Å². The van der Waals surface area contributed by atoms with Gasteiger partial charge in [-0.25, -0.2) is 4.39 Å². The fourth-order valence-electron chi connectivity index (χ4n) is 4.82. The Morgan fingerprint density at radius 2 is 1.91 bits per heavy atom. The van der Waals surface area contributed by atoms with Gasteiger partial charge in [-0.2, -0.15) is 5.10 Å². The predicted molar refractivity (Wildman–Crippen MR) is 132 cm³/mol. The quantitative estimate of drug-likeness (QED) is 0.414. The molecule has 34 heavy (non-hydrogen) atoms. The second-order valence-electron chi connectivity index (χ2n) is 8.61. The highest BCUT2D eigenvalue weighted by molar-refractivity contribution is 6.03. The van der Waals surface area contributed by atoms with Gasteiger partial charge in [0.15, 0.2) is 0 Å². The molecule has 2 aromatic carbocycles. The Hall–Kier alpha value is -4.33. The summed E-state index contributed by atoms with van der Waals surface area (Å²) in [5.41, 5.74) is 7.46. The average Bonchev–Trinajstić information content (AvgIpc) is 3.37. The van der Waals surface area contributed by atoms with Crippen LogP contribution < -0.4 is 15.8 Å². The topological polar surface area (TPSA) is 70.9 Å². The molecule has 7 nitrogen and oxygen atoms in total. The minimum atomic E-state index is -0.274. The van der Waals surface area contributed by atoms with E-state index >= 15 is 0 Å². The van der Waals surface area contributed by atoms with Crippen molar-refractivity contribution in [2.45, 2.75) is 13.1 Å². The van der Waals surface area contributed by atoms with E-state index in [1.54, 1.807) is 24.5 Å². The van der Waals surface area contributed by atoms with Crippen molar-refractivity contribution < 1.29 is 4.39 Å². The molecule has 0 saturated heterocycles. The summed E-state index contributed by atoms with van der Waals surface area (Å²) in [4.78, 5) is 17.7. The van der Waals surface area contributed by atoms with Crippen LogP contribution in [0.4, 0.5) is 21.5 Å². The molecule has 4 heterocycles. The van der Waals surface area contributed by atoms with Gasteiger partial charge in [-0.1, -0.05) is 0 Å². The van der Waals surface area contributed by atoms with Crippen molar-refractivity contribution in [2.75, 3.05) is 10.2 Å². The van der Waals surface area contributed by atoms with Gasteiger partial charge in [-0.3, -0.25) is 9.48 Å². The Kier molecular flexibility index (Phi) is 4.55. The highest BCUT2D eigenvalue weighted by Gasteiger charge is 2.26. The second kappa shape index (κ2) is 7.62. The lowest BCUT2D eigenvalue weighted by Gasteiger charge is -2.26. The summed E-state index contributed by atoms with van der Waals surface area (Å²) >= 11 is 0. The maximum absolute atomic E-state index is 13.7. The number of nitrogens with one attached hydrogen (secondary N) is 2. The molecular formula is C26H23FN6O. The van der Waals surface area contributed by atoms with Crippen LogP contribution in [-0.2, 0) is 27.2 Å². The molecule has 170 valence electrons. The fourth-order valence-corrected chi connectivity index (χ4v) is 4.82. The molecular weight excluding hydrogens is 431 g/mol. The molecule has 0 unspecified atom stereocenters. The third-order valence-corrected chi connectivity index (χ3v) is 6.54. The van der Waals surface area contributed by atoms with E-state index in [1.807, 2.05) is 41.7 Å². The SMILES string of the molecule is Cn1nccc1CNc1ccc2c(c1)-c1cn(C)c3c(=O)[nH]cc(c13)CN2c1ccc(F)cc1. The number of aromatic amines is 1. The maximum Gasteiger partial charge on any atom is 0.272 e. The van der Waals surface area contributed by atoms with Gasteiger partial charge < -0.3 is 19.8 Å². The van der Waals surface area contributed by atoms with E-state index in [1.165, 1.54) is 12.1 Å². The normalized spacial score (nSPS) is 12.6. The zero-order valence-corrected chi connectivity index (χ0v) is 18.8. The minimum Gasteiger partial charge on any atom is -0.379 e. The van der Waals surface area contributed by atoms with Crippen LogP contribution >= 0.6 is 0 Å². The second-order valence-corrected chi connectivity index (χ2v) is 8.61. The monoisotopic (exact) mass is 454 g/mol. The number of hydrogen-bond acceptors (Lipinski definition) is 4. The van der Waals surface area contributed by atoms with E-state index in [4.69, 9.17) is 0 Å². The summed E-state index contributed by atoms with van der Waals surface area (Å²) < 4.78 is 17.4. The van der Waals surface area contributed by atoms with Crippen LogP contribution in [-0.4, -0.2) is 19.3 Å². The van der Waals surface area contributed by atoms with E-state index < -0.39 is 0 Å². The predicted octanol–water partition coefficient (Wildman–Crippen LogP) is 4.67. The van der Waals surface area contributed by atoms with Crippen LogP contribution in [0, 0.1) is 5.82 Å². The summed E-state index contributed by atoms with van der Waals surface area (Å²) in [7, 11) is 3.82. The van der Waals surface area contributed by atoms with Gasteiger partial charge in [0.05, 0.1) is 18.8 Å². The van der Waals surface area contributed by atoms with E-state index in [2.05, 4.69) is 32.4 Å². The Bertz CT molecular complexity index is 1590. The van der Waals surface area contributed by atoms with Crippen molar-refractivity contribution in [3.63, 3.8) is 0 Å². The minimum absolute atomic E-state index is 0.116. The first-order valence-electron chi connectivity index (χ1n) is 11.1. The van der Waals surface area contributed by atoms with Crippen molar-refractivity contribution in [3.8, 4) is 11.1 Å². The molecule has 1 aliphatic heterocycles. The number of hydrogen-bond donors (Lipinski definition) is 2. The molecule has 2 N–H and O–H groups in total. The van der Waals surface area contributed by atoms with Crippen LogP contribution in [0.5, 0.6) is 0 Å². The largest absolute Gasteiger partial charge is 0.379 e. The summed E-state index contributed by atoms with van der Waals surface area (Å²) in [5, 5.41) is 8.67. The van der Waals surface area contributed by atoms with Crippen LogP contribution in [0.3, 0.4) is 0 Å². The van der Waals surface area contributed by atoms with Crippen molar-refractivity contribution >= 4 is 28.0 Å². The highest BCUT2D eigenvalue weighted by Crippen LogP contribution is 2.44. The smallest absolute Gasteiger partial charge is 0.272 e. The molecule has 8 heteroatoms. The number of anilines is 3. The van der Waals surface area contributed by atoms with Crippen molar-refractivity contribution in [2.24, 2.45) is 14.1 Å². The number of pyridine rings is 1. The standard InChI is InChI=1S/C26H23FN6O/c1-31-15-22-21-11-18(28-13-20-9-10-30-32(20)2)5-8-23(21)33(19-6-3-17(27)4-7-19)14-16-12-29-26(34)25(31)24(16)22/h3-12,15,28H,13-14H2,1-2H3,(H,29,34). The molecule has 0 bridgehead atoms. The first-order chi connectivity index (χ1) is 16.5. The molecule has 0 atom stereocenters. The zero-order valence-electron chi connectivity index (χ0n) is 18.8. The molecule has 3 aromatic heterocycles. The molecule has 5 aromatic rings. The van der Waals surface area contributed by atoms with Gasteiger partial charge in [0, 0.05) is 66.3 Å². The lowest BCUT2D eigenvalue weighted by atomic mass is 10.0. The first kappa shape index (κ1) is 20.3. The van der Waals surface area contributed by atoms with Gasteiger partial charge in [-0.15, -0.1) is 0 Å². The average molecular weight is 455 g/mol. The molecule has 0 spiro atoms. The van der Waals surface area contributed by atoms with E-state index in [-0.39, 0.29) is 11.4 Å². The number of halogens is 1. The number of fused-ring (bicyclic) bond motifs is 2. The number of aryl methyl sites for hydroxylation is 2. The molecule has 0 fully saturated rings. The van der Waals surface area contributed by atoms with Gasteiger partial charge in [-0.05, 0) is 54.1 Å². The van der Waals surface area contributed by atoms with Gasteiger partial charge in [0.25, 0.3) is 5.56 Å². The van der Waals surface area contributed by atoms with Gasteiger partial charge in [0.1, 0.15) is 11.3 Å². The molecule has 0 aliphatic carbocycles. The Morgan fingerprint density at radius 1 is 1.09 bits per heavy atom. The van der Waals surface area contributed by atoms with E-state index in [9.17, 15) is 9.18 Å². The van der Waals surface area contributed by atoms with E-state index in [0.717, 1.165) is 44.8 Å². The number of aromatic nitrogens is 4. The van der Waals surface area contributed by atoms with Gasteiger partial charge in [0.2, 0.25) is 0 Å². The number of benzene rings is 2. The van der Waals surface area contributed by atoms with Crippen molar-refractivity contribution in [1.82, 2.24) is 19.3 Å². The summed E-state index contributed by atoms with van der Waals surface area (Å²) in [6.07, 6.45) is 5.59. The molecule has 1 aliphatic rings. The molecule has 0 saturated carbocycles. The van der Waals surface area contributed by atoms with Gasteiger partial charge >= 0.3 is 0 Å². The molecule has 0 amide bonds. The fraction of sp³-hybridized carbons (Fsp3) is 0.154. The Balaban J connectivity index is 1.53. The zero-order chi connectivity index (χ0) is 23.4. The summed E-state index contributed by atoms with van der Waals surface area (Å²) in [6.45, 7) is 1.18. The Morgan fingerprint density at radius 3 is 2.68 bits per heavy atom. The maximum atomic E-state index is 13.7. The number of nitrogens with zero attached hydrogens (tertiary/aromatic N) is 4. The highest BCUT2D eigenvalue weighted by atomic mass is 19.1. The molecule has 6 rings (SSSR count). The number of H-pyrrole nitrogens is 1. The number of rotatable bonds is 4.